The number of aromatic nitrogens is 2. The first-order valence-electron chi connectivity index (χ1n) is 5.54. The lowest BCUT2D eigenvalue weighted by Crippen LogP contribution is -2.40. The summed E-state index contributed by atoms with van der Waals surface area (Å²) in [4.78, 5) is 0. The van der Waals surface area contributed by atoms with Crippen molar-refractivity contribution >= 4 is 30.3 Å². The van der Waals surface area contributed by atoms with Crippen LogP contribution in [0.5, 0.6) is 0 Å². The van der Waals surface area contributed by atoms with Gasteiger partial charge in [-0.05, 0) is 27.9 Å². The van der Waals surface area contributed by atoms with Gasteiger partial charge in [0.05, 0.1) is 18.4 Å². The zero-order valence-corrected chi connectivity index (χ0v) is 11.8. The summed E-state index contributed by atoms with van der Waals surface area (Å²) in [6.45, 7) is 2.02. The second-order valence-corrected chi connectivity index (χ2v) is 6.28. The molecule has 4 nitrogen and oxygen atoms in total. The summed E-state index contributed by atoms with van der Waals surface area (Å²) in [5.41, 5.74) is 1.17. The number of rotatable bonds is 3. The molecule has 1 aliphatic heterocycles. The predicted molar refractivity (Wildman–Crippen MR) is 72.1 cm³/mol. The Morgan fingerprint density at radius 1 is 1.50 bits per heavy atom. The summed E-state index contributed by atoms with van der Waals surface area (Å²) >= 11 is 2.35. The van der Waals surface area contributed by atoms with E-state index in [4.69, 9.17) is 4.74 Å². The second-order valence-electron chi connectivity index (χ2n) is 4.45. The fraction of sp³-hybridized carbons (Fsp3) is 0.700. The van der Waals surface area contributed by atoms with E-state index in [2.05, 4.69) is 35.7 Å². The number of hydrogen-bond acceptors (Lipinski definition) is 4. The van der Waals surface area contributed by atoms with Crippen molar-refractivity contribution < 1.29 is 4.74 Å². The molecule has 3 rings (SSSR count). The summed E-state index contributed by atoms with van der Waals surface area (Å²) in [6.07, 6.45) is 7.08. The highest BCUT2D eigenvalue weighted by molar-refractivity contribution is 14.2. The first-order chi connectivity index (χ1) is 7.86. The van der Waals surface area contributed by atoms with E-state index in [9.17, 15) is 0 Å². The van der Waals surface area contributed by atoms with Crippen LogP contribution in [0.3, 0.4) is 0 Å². The van der Waals surface area contributed by atoms with Crippen LogP contribution in [0.4, 0.5) is 0 Å². The zero-order chi connectivity index (χ0) is 11.0. The molecule has 2 atom stereocenters. The van der Waals surface area contributed by atoms with Crippen LogP contribution >= 0.6 is 30.3 Å². The number of ether oxygens (including phenoxy) is 1. The molecule has 88 valence electrons. The minimum Gasteiger partial charge on any atom is -0.367 e. The number of halogens is 1. The highest BCUT2D eigenvalue weighted by atomic mass is 127. The average molecular weight is 351 g/mol. The first kappa shape index (κ1) is 11.3. The van der Waals surface area contributed by atoms with Gasteiger partial charge in [0.1, 0.15) is 0 Å². The number of nitrogens with zero attached hydrogens (tertiary/aromatic N) is 2. The van der Waals surface area contributed by atoms with Crippen LogP contribution in [-0.4, -0.2) is 33.7 Å². The maximum atomic E-state index is 6.17. The number of morpholine rings is 1. The first-order valence-corrected chi connectivity index (χ1v) is 8.86. The third kappa shape index (κ3) is 2.39. The third-order valence-electron chi connectivity index (χ3n) is 3.23. The number of nitrogens with one attached hydrogen (secondary N) is 1. The third-order valence-corrected chi connectivity index (χ3v) is 5.39. The Morgan fingerprint density at radius 2 is 2.38 bits per heavy atom. The van der Waals surface area contributed by atoms with Crippen LogP contribution in [0.1, 0.15) is 24.5 Å². The zero-order valence-electron chi connectivity index (χ0n) is 8.80. The molecule has 1 aliphatic carbocycles. The van der Waals surface area contributed by atoms with Crippen molar-refractivity contribution in [2.24, 2.45) is 5.92 Å². The quantitative estimate of drug-likeness (QED) is 0.671. The Labute approximate surface area is 111 Å². The topological polar surface area (TPSA) is 41.1 Å². The monoisotopic (exact) mass is 351 g/mol. The maximum Gasteiger partial charge on any atom is 0.0996 e. The van der Waals surface area contributed by atoms with Crippen LogP contribution in [0.2, 0.25) is 0 Å². The van der Waals surface area contributed by atoms with E-state index in [-0.39, 0.29) is 6.10 Å². The van der Waals surface area contributed by atoms with Crippen molar-refractivity contribution in [2.45, 2.75) is 25.0 Å². The molecule has 0 aromatic carbocycles. The van der Waals surface area contributed by atoms with Crippen molar-refractivity contribution in [1.82, 2.24) is 14.5 Å². The molecule has 16 heavy (non-hydrogen) atoms. The highest BCUT2D eigenvalue weighted by Gasteiger charge is 2.39. The number of hydrogen-bond donors (Lipinski definition) is 1. The van der Waals surface area contributed by atoms with Gasteiger partial charge in [-0.2, -0.15) is 5.10 Å². The average Bonchev–Trinajstić information content (AvgIpc) is 3.04. The lowest BCUT2D eigenvalue weighted by atomic mass is 10.1. The van der Waals surface area contributed by atoms with E-state index in [1.807, 2.05) is 12.4 Å². The number of aromatic amines is 1. The molecule has 2 fully saturated rings. The Morgan fingerprint density at radius 3 is 3.00 bits per heavy atom. The van der Waals surface area contributed by atoms with Gasteiger partial charge in [-0.3, -0.25) is 5.10 Å². The molecule has 1 aromatic heterocycles. The van der Waals surface area contributed by atoms with E-state index in [1.165, 1.54) is 18.4 Å². The van der Waals surface area contributed by atoms with Crippen molar-refractivity contribution in [1.29, 1.82) is 0 Å². The van der Waals surface area contributed by atoms with Gasteiger partial charge < -0.3 is 4.74 Å². The highest BCUT2D eigenvalue weighted by Crippen LogP contribution is 2.41. The van der Waals surface area contributed by atoms with E-state index < -0.39 is 0 Å². The van der Waals surface area contributed by atoms with Crippen LogP contribution in [-0.2, 0) is 4.74 Å². The molecule has 1 saturated carbocycles. The molecule has 0 bridgehead atoms. The van der Waals surface area contributed by atoms with Crippen molar-refractivity contribution in [3.8, 4) is 0 Å². The van der Waals surface area contributed by atoms with Gasteiger partial charge in [-0.15, -0.1) is 0 Å². The van der Waals surface area contributed by atoms with Crippen LogP contribution in [0.15, 0.2) is 12.4 Å². The SMILES string of the molecule is ISN1CC(C2CC2)O[C@@H](c2cn[nH]c2)C1. The fourth-order valence-corrected chi connectivity index (χ4v) is 3.52. The summed E-state index contributed by atoms with van der Waals surface area (Å²) in [6, 6.07) is 0. The van der Waals surface area contributed by atoms with E-state index in [0.717, 1.165) is 19.0 Å². The van der Waals surface area contributed by atoms with Crippen LogP contribution < -0.4 is 0 Å². The molecule has 2 heterocycles. The molecule has 0 spiro atoms. The Bertz CT molecular complexity index is 344. The largest absolute Gasteiger partial charge is 0.367 e. The molecule has 1 saturated heterocycles. The Kier molecular flexibility index (Phi) is 3.42. The van der Waals surface area contributed by atoms with Gasteiger partial charge in [0.2, 0.25) is 0 Å². The molecule has 0 amide bonds. The lowest BCUT2D eigenvalue weighted by molar-refractivity contribution is -0.0719. The molecule has 1 N–H and O–H groups in total. The van der Waals surface area contributed by atoms with E-state index in [0.29, 0.717) is 6.10 Å². The molecular formula is C10H14IN3OS. The Balaban J connectivity index is 1.73. The van der Waals surface area contributed by atoms with Gasteiger partial charge in [0.25, 0.3) is 0 Å². The molecule has 6 heteroatoms. The minimum absolute atomic E-state index is 0.181. The van der Waals surface area contributed by atoms with Crippen LogP contribution in [0.25, 0.3) is 0 Å². The van der Waals surface area contributed by atoms with Gasteiger partial charge >= 0.3 is 0 Å². The summed E-state index contributed by atoms with van der Waals surface area (Å²) in [7, 11) is 1.79. The fourth-order valence-electron chi connectivity index (χ4n) is 2.16. The van der Waals surface area contributed by atoms with Gasteiger partial charge in [0.15, 0.2) is 0 Å². The second kappa shape index (κ2) is 4.83. The normalized spacial score (nSPS) is 31.8. The van der Waals surface area contributed by atoms with Gasteiger partial charge in [0, 0.05) is 46.1 Å². The van der Waals surface area contributed by atoms with Crippen LogP contribution in [0, 0.1) is 5.92 Å². The standard InChI is InChI=1S/C10H14IN3OS/c11-16-14-5-9(7-1-2-7)15-10(6-14)8-3-12-13-4-8/h3-4,7,9-10H,1-2,5-6H2,(H,12,13)/t9?,10-/m1/s1. The Hall–Kier alpha value is 0.210. The molecular weight excluding hydrogens is 337 g/mol. The van der Waals surface area contributed by atoms with Crippen molar-refractivity contribution in [3.63, 3.8) is 0 Å². The number of H-pyrrole nitrogens is 1. The van der Waals surface area contributed by atoms with Crippen molar-refractivity contribution in [2.75, 3.05) is 13.1 Å². The summed E-state index contributed by atoms with van der Waals surface area (Å²) < 4.78 is 8.56. The van der Waals surface area contributed by atoms with Gasteiger partial charge in [-0.1, -0.05) is 0 Å². The van der Waals surface area contributed by atoms with Gasteiger partial charge in [-0.25, -0.2) is 4.31 Å². The molecule has 0 radical (unpaired) electrons. The summed E-state index contributed by atoms with van der Waals surface area (Å²) in [5, 5.41) is 6.86. The van der Waals surface area contributed by atoms with E-state index in [1.54, 1.807) is 9.12 Å². The lowest BCUT2D eigenvalue weighted by Gasteiger charge is -2.36. The smallest absolute Gasteiger partial charge is 0.0996 e. The predicted octanol–water partition coefficient (Wildman–Crippen LogP) is 2.56. The maximum absolute atomic E-state index is 6.17. The molecule has 2 aliphatic rings. The summed E-state index contributed by atoms with van der Waals surface area (Å²) in [5.74, 6) is 0.792. The molecule has 1 unspecified atom stereocenters. The van der Waals surface area contributed by atoms with E-state index >= 15 is 0 Å². The van der Waals surface area contributed by atoms with Crippen molar-refractivity contribution in [3.05, 3.63) is 18.0 Å². The minimum atomic E-state index is 0.181. The molecule has 1 aromatic rings.